The molecule has 1 atom stereocenters. The Morgan fingerprint density at radius 3 is 2.76 bits per heavy atom. The molecule has 1 aromatic rings. The van der Waals surface area contributed by atoms with Crippen LogP contribution in [-0.4, -0.2) is 17.3 Å². The lowest BCUT2D eigenvalue weighted by Gasteiger charge is -2.30. The number of rotatable bonds is 1. The molecule has 1 aromatic carbocycles. The van der Waals surface area contributed by atoms with Crippen LogP contribution in [-0.2, 0) is 4.79 Å². The molecule has 17 heavy (non-hydrogen) atoms. The fourth-order valence-electron chi connectivity index (χ4n) is 1.91. The number of carbonyl (C=O) groups excluding carboxylic acids is 1. The minimum absolute atomic E-state index is 0.0538. The number of aryl methyl sites for hydroxylation is 1. The molecule has 0 aromatic heterocycles. The molecule has 1 amide bonds. The molecule has 1 heterocycles. The number of alkyl halides is 1. The smallest absolute Gasteiger partial charge is 0.240 e. The van der Waals surface area contributed by atoms with Gasteiger partial charge < -0.3 is 4.90 Å². The lowest BCUT2D eigenvalue weighted by atomic mass is 10.1. The first-order valence-corrected chi connectivity index (χ1v) is 7.09. The molecule has 5 heteroatoms. The molecule has 1 aliphatic heterocycles. The summed E-state index contributed by atoms with van der Waals surface area (Å²) in [6, 6.07) is 3.56. The van der Waals surface area contributed by atoms with Crippen molar-refractivity contribution in [3.8, 4) is 0 Å². The first kappa shape index (κ1) is 13.2. The SMILES string of the molecule is Cc1cc(Cl)c(N2CCCC(Br)C2=O)cc1Cl. The minimum atomic E-state index is -0.118. The Kier molecular flexibility index (Phi) is 4.01. The quantitative estimate of drug-likeness (QED) is 0.704. The van der Waals surface area contributed by atoms with Crippen molar-refractivity contribution in [1.82, 2.24) is 0 Å². The van der Waals surface area contributed by atoms with Crippen LogP contribution in [0.2, 0.25) is 10.0 Å². The van der Waals surface area contributed by atoms with Crippen LogP contribution in [0.3, 0.4) is 0 Å². The first-order chi connectivity index (χ1) is 8.00. The lowest BCUT2D eigenvalue weighted by Crippen LogP contribution is -2.41. The van der Waals surface area contributed by atoms with Crippen molar-refractivity contribution in [2.45, 2.75) is 24.6 Å². The predicted octanol–water partition coefficient (Wildman–Crippen LogP) is 4.19. The Labute approximate surface area is 119 Å². The Balaban J connectivity index is 2.39. The highest BCUT2D eigenvalue weighted by molar-refractivity contribution is 9.10. The number of hydrogen-bond acceptors (Lipinski definition) is 1. The number of hydrogen-bond donors (Lipinski definition) is 0. The van der Waals surface area contributed by atoms with Crippen molar-refractivity contribution < 1.29 is 4.79 Å². The van der Waals surface area contributed by atoms with Gasteiger partial charge in [-0.2, -0.15) is 0 Å². The summed E-state index contributed by atoms with van der Waals surface area (Å²) in [4.78, 5) is 13.6. The second-order valence-electron chi connectivity index (χ2n) is 4.15. The number of piperidine rings is 1. The van der Waals surface area contributed by atoms with Gasteiger partial charge in [-0.3, -0.25) is 4.79 Å². The van der Waals surface area contributed by atoms with E-state index in [1.165, 1.54) is 0 Å². The van der Waals surface area contributed by atoms with Gasteiger partial charge >= 0.3 is 0 Å². The number of nitrogens with zero attached hydrogens (tertiary/aromatic N) is 1. The second-order valence-corrected chi connectivity index (χ2v) is 6.07. The zero-order valence-electron chi connectivity index (χ0n) is 9.34. The van der Waals surface area contributed by atoms with Gasteiger partial charge in [0.15, 0.2) is 0 Å². The highest BCUT2D eigenvalue weighted by atomic mass is 79.9. The number of amides is 1. The molecule has 0 radical (unpaired) electrons. The fraction of sp³-hybridized carbons (Fsp3) is 0.417. The number of benzene rings is 1. The van der Waals surface area contributed by atoms with Crippen LogP contribution in [0.1, 0.15) is 18.4 Å². The van der Waals surface area contributed by atoms with Gasteiger partial charge in [0.2, 0.25) is 5.91 Å². The van der Waals surface area contributed by atoms with Crippen molar-refractivity contribution >= 4 is 50.7 Å². The molecule has 0 bridgehead atoms. The topological polar surface area (TPSA) is 20.3 Å². The van der Waals surface area contributed by atoms with Crippen LogP contribution < -0.4 is 4.90 Å². The number of carbonyl (C=O) groups is 1. The Bertz CT molecular complexity index is 464. The summed E-state index contributed by atoms with van der Waals surface area (Å²) in [7, 11) is 0. The summed E-state index contributed by atoms with van der Waals surface area (Å²) in [5, 5.41) is 1.20. The summed E-state index contributed by atoms with van der Waals surface area (Å²) in [6.45, 7) is 2.59. The molecule has 92 valence electrons. The molecule has 1 aliphatic rings. The third kappa shape index (κ3) is 2.61. The minimum Gasteiger partial charge on any atom is -0.310 e. The van der Waals surface area contributed by atoms with Gasteiger partial charge in [-0.1, -0.05) is 39.1 Å². The summed E-state index contributed by atoms with van der Waals surface area (Å²) in [5.41, 5.74) is 1.62. The zero-order valence-corrected chi connectivity index (χ0v) is 12.4. The molecular formula is C12H12BrCl2NO. The molecular weight excluding hydrogens is 325 g/mol. The van der Waals surface area contributed by atoms with E-state index in [9.17, 15) is 4.79 Å². The number of halogens is 3. The molecule has 0 spiro atoms. The highest BCUT2D eigenvalue weighted by Crippen LogP contribution is 2.34. The normalized spacial score (nSPS) is 20.8. The molecule has 0 aliphatic carbocycles. The average Bonchev–Trinajstić information content (AvgIpc) is 2.28. The molecule has 0 saturated carbocycles. The average molecular weight is 337 g/mol. The maximum absolute atomic E-state index is 12.1. The van der Waals surface area contributed by atoms with Crippen LogP contribution in [0.5, 0.6) is 0 Å². The van der Waals surface area contributed by atoms with Crippen LogP contribution in [0, 0.1) is 6.92 Å². The van der Waals surface area contributed by atoms with Crippen LogP contribution in [0.25, 0.3) is 0 Å². The molecule has 0 N–H and O–H groups in total. The van der Waals surface area contributed by atoms with Gasteiger partial charge in [0.05, 0.1) is 15.5 Å². The van der Waals surface area contributed by atoms with Gasteiger partial charge in [0.1, 0.15) is 0 Å². The molecule has 2 nitrogen and oxygen atoms in total. The van der Waals surface area contributed by atoms with E-state index >= 15 is 0 Å². The van der Waals surface area contributed by atoms with E-state index in [4.69, 9.17) is 23.2 Å². The fourth-order valence-corrected chi connectivity index (χ4v) is 2.96. The van der Waals surface area contributed by atoms with Gasteiger partial charge in [0, 0.05) is 11.6 Å². The second kappa shape index (κ2) is 5.17. The van der Waals surface area contributed by atoms with Gasteiger partial charge in [0.25, 0.3) is 0 Å². The van der Waals surface area contributed by atoms with Crippen LogP contribution in [0.4, 0.5) is 5.69 Å². The Hall–Kier alpha value is -0.250. The largest absolute Gasteiger partial charge is 0.310 e. The maximum Gasteiger partial charge on any atom is 0.240 e. The van der Waals surface area contributed by atoms with Gasteiger partial charge in [-0.15, -0.1) is 0 Å². The van der Waals surface area contributed by atoms with E-state index in [0.29, 0.717) is 22.3 Å². The summed E-state index contributed by atoms with van der Waals surface area (Å²) < 4.78 is 0. The molecule has 1 saturated heterocycles. The van der Waals surface area contributed by atoms with Crippen molar-refractivity contribution in [3.63, 3.8) is 0 Å². The highest BCUT2D eigenvalue weighted by Gasteiger charge is 2.28. The van der Waals surface area contributed by atoms with Crippen LogP contribution in [0.15, 0.2) is 12.1 Å². The molecule has 1 unspecified atom stereocenters. The Morgan fingerprint density at radius 1 is 1.35 bits per heavy atom. The molecule has 2 rings (SSSR count). The van der Waals surface area contributed by atoms with Crippen molar-refractivity contribution in [2.24, 2.45) is 0 Å². The van der Waals surface area contributed by atoms with E-state index in [1.807, 2.05) is 6.92 Å². The zero-order chi connectivity index (χ0) is 12.6. The lowest BCUT2D eigenvalue weighted by molar-refractivity contribution is -0.118. The van der Waals surface area contributed by atoms with E-state index in [-0.39, 0.29) is 10.7 Å². The number of anilines is 1. The van der Waals surface area contributed by atoms with E-state index in [0.717, 1.165) is 18.4 Å². The van der Waals surface area contributed by atoms with Crippen molar-refractivity contribution in [2.75, 3.05) is 11.4 Å². The Morgan fingerprint density at radius 2 is 2.06 bits per heavy atom. The first-order valence-electron chi connectivity index (χ1n) is 5.42. The molecule has 1 fully saturated rings. The van der Waals surface area contributed by atoms with Crippen LogP contribution >= 0.6 is 39.1 Å². The monoisotopic (exact) mass is 335 g/mol. The van der Waals surface area contributed by atoms with Crippen molar-refractivity contribution in [3.05, 3.63) is 27.7 Å². The van der Waals surface area contributed by atoms with Crippen molar-refractivity contribution in [1.29, 1.82) is 0 Å². The summed E-state index contributed by atoms with van der Waals surface area (Å²) in [5.74, 6) is 0.0538. The summed E-state index contributed by atoms with van der Waals surface area (Å²) in [6.07, 6.45) is 1.83. The third-order valence-corrected chi connectivity index (χ3v) is 4.45. The van der Waals surface area contributed by atoms with Gasteiger partial charge in [-0.05, 0) is 37.5 Å². The van der Waals surface area contributed by atoms with E-state index in [1.54, 1.807) is 17.0 Å². The standard InChI is InChI=1S/C12H12BrCl2NO/c1-7-5-10(15)11(6-9(7)14)16-4-2-3-8(13)12(16)17/h5-6,8H,2-4H2,1H3. The van der Waals surface area contributed by atoms with Gasteiger partial charge in [-0.25, -0.2) is 0 Å². The maximum atomic E-state index is 12.1. The summed E-state index contributed by atoms with van der Waals surface area (Å²) >= 11 is 15.6. The third-order valence-electron chi connectivity index (χ3n) is 2.89. The predicted molar refractivity (Wildman–Crippen MR) is 75.5 cm³/mol. The van der Waals surface area contributed by atoms with E-state index < -0.39 is 0 Å². The van der Waals surface area contributed by atoms with E-state index in [2.05, 4.69) is 15.9 Å².